The Morgan fingerprint density at radius 3 is 2.75 bits per heavy atom. The van der Waals surface area contributed by atoms with Crippen LogP contribution >= 0.6 is 11.3 Å². The molecule has 3 heterocycles. The van der Waals surface area contributed by atoms with E-state index in [-0.39, 0.29) is 0 Å². The molecule has 0 aromatic carbocycles. The Morgan fingerprint density at radius 1 is 1.20 bits per heavy atom. The standard InChI is InChI=1S/C15H16N4S/c1-3-4-11-14-12(19-15(16)18-11)6-5-10(17-14)13-7-9(2)8-20-13/h5-8H,3-4H2,1-2H3,(H2,16,18,19). The zero-order chi connectivity index (χ0) is 14.1. The highest BCUT2D eigenvalue weighted by atomic mass is 32.1. The number of nitrogens with zero attached hydrogens (tertiary/aromatic N) is 3. The zero-order valence-corrected chi connectivity index (χ0v) is 12.4. The lowest BCUT2D eigenvalue weighted by molar-refractivity contribution is 0.886. The van der Waals surface area contributed by atoms with E-state index >= 15 is 0 Å². The molecule has 0 fully saturated rings. The van der Waals surface area contributed by atoms with E-state index in [1.807, 2.05) is 12.1 Å². The molecular formula is C15H16N4S. The summed E-state index contributed by atoms with van der Waals surface area (Å²) >= 11 is 1.71. The maximum Gasteiger partial charge on any atom is 0.220 e. The molecule has 3 aromatic heterocycles. The Morgan fingerprint density at radius 2 is 2.05 bits per heavy atom. The van der Waals surface area contributed by atoms with E-state index in [4.69, 9.17) is 10.7 Å². The van der Waals surface area contributed by atoms with Crippen LogP contribution in [0.25, 0.3) is 21.6 Å². The maximum atomic E-state index is 5.76. The molecule has 20 heavy (non-hydrogen) atoms. The number of rotatable bonds is 3. The molecule has 102 valence electrons. The van der Waals surface area contributed by atoms with Crippen LogP contribution in [0.3, 0.4) is 0 Å². The second-order valence-electron chi connectivity index (χ2n) is 4.83. The van der Waals surface area contributed by atoms with Crippen molar-refractivity contribution in [2.75, 3.05) is 5.73 Å². The van der Waals surface area contributed by atoms with Crippen molar-refractivity contribution in [3.05, 3.63) is 34.8 Å². The van der Waals surface area contributed by atoms with Crippen LogP contribution in [0.1, 0.15) is 24.6 Å². The van der Waals surface area contributed by atoms with Crippen LogP contribution in [-0.2, 0) is 6.42 Å². The highest BCUT2D eigenvalue weighted by Gasteiger charge is 2.10. The number of hydrogen-bond acceptors (Lipinski definition) is 5. The van der Waals surface area contributed by atoms with Gasteiger partial charge in [-0.2, -0.15) is 0 Å². The molecule has 5 heteroatoms. The largest absolute Gasteiger partial charge is 0.368 e. The minimum absolute atomic E-state index is 0.322. The van der Waals surface area contributed by atoms with Crippen molar-refractivity contribution in [3.63, 3.8) is 0 Å². The summed E-state index contributed by atoms with van der Waals surface area (Å²) in [7, 11) is 0. The molecule has 0 unspecified atom stereocenters. The SMILES string of the molecule is CCCc1nc(N)nc2ccc(-c3cc(C)cs3)nc12. The fourth-order valence-corrected chi connectivity index (χ4v) is 3.08. The minimum atomic E-state index is 0.322. The Hall–Kier alpha value is -2.01. The summed E-state index contributed by atoms with van der Waals surface area (Å²) < 4.78 is 0. The van der Waals surface area contributed by atoms with Crippen molar-refractivity contribution in [1.29, 1.82) is 0 Å². The molecule has 3 rings (SSSR count). The molecule has 2 N–H and O–H groups in total. The fourth-order valence-electron chi connectivity index (χ4n) is 2.21. The minimum Gasteiger partial charge on any atom is -0.368 e. The highest BCUT2D eigenvalue weighted by Crippen LogP contribution is 2.27. The summed E-state index contributed by atoms with van der Waals surface area (Å²) in [6.07, 6.45) is 1.87. The van der Waals surface area contributed by atoms with Gasteiger partial charge in [-0.05, 0) is 42.5 Å². The number of thiophene rings is 1. The van der Waals surface area contributed by atoms with Gasteiger partial charge in [-0.25, -0.2) is 15.0 Å². The van der Waals surface area contributed by atoms with Gasteiger partial charge in [0.15, 0.2) is 0 Å². The van der Waals surface area contributed by atoms with Crippen molar-refractivity contribution in [2.24, 2.45) is 0 Å². The van der Waals surface area contributed by atoms with E-state index < -0.39 is 0 Å². The summed E-state index contributed by atoms with van der Waals surface area (Å²) in [6.45, 7) is 4.21. The van der Waals surface area contributed by atoms with Crippen molar-refractivity contribution >= 4 is 28.3 Å². The van der Waals surface area contributed by atoms with Crippen molar-refractivity contribution in [2.45, 2.75) is 26.7 Å². The summed E-state index contributed by atoms with van der Waals surface area (Å²) in [5, 5.41) is 2.13. The van der Waals surface area contributed by atoms with E-state index in [1.165, 1.54) is 10.4 Å². The van der Waals surface area contributed by atoms with Gasteiger partial charge in [-0.1, -0.05) is 13.3 Å². The van der Waals surface area contributed by atoms with Gasteiger partial charge in [0.2, 0.25) is 5.95 Å². The monoisotopic (exact) mass is 284 g/mol. The number of aryl methyl sites for hydroxylation is 2. The normalized spacial score (nSPS) is 11.1. The topological polar surface area (TPSA) is 64.7 Å². The molecule has 0 saturated carbocycles. The fraction of sp³-hybridized carbons (Fsp3) is 0.267. The molecule has 0 aliphatic heterocycles. The number of anilines is 1. The number of aromatic nitrogens is 3. The van der Waals surface area contributed by atoms with Crippen molar-refractivity contribution in [1.82, 2.24) is 15.0 Å². The van der Waals surface area contributed by atoms with Gasteiger partial charge < -0.3 is 5.73 Å². The second-order valence-corrected chi connectivity index (χ2v) is 5.74. The molecule has 0 radical (unpaired) electrons. The molecule has 0 amide bonds. The molecule has 0 aliphatic rings. The van der Waals surface area contributed by atoms with Crippen LogP contribution in [0.4, 0.5) is 5.95 Å². The first-order valence-corrected chi connectivity index (χ1v) is 7.54. The van der Waals surface area contributed by atoms with Gasteiger partial charge in [-0.3, -0.25) is 0 Å². The molecule has 4 nitrogen and oxygen atoms in total. The third-order valence-electron chi connectivity index (χ3n) is 3.10. The van der Waals surface area contributed by atoms with Gasteiger partial charge in [0.1, 0.15) is 5.52 Å². The molecular weight excluding hydrogens is 268 g/mol. The zero-order valence-electron chi connectivity index (χ0n) is 11.6. The molecule has 0 spiro atoms. The second kappa shape index (κ2) is 5.17. The quantitative estimate of drug-likeness (QED) is 0.798. The van der Waals surface area contributed by atoms with Crippen LogP contribution in [0, 0.1) is 6.92 Å². The Balaban J connectivity index is 2.18. The lowest BCUT2D eigenvalue weighted by Gasteiger charge is -2.06. The Bertz CT molecular complexity index is 764. The molecule has 3 aromatic rings. The lowest BCUT2D eigenvalue weighted by Crippen LogP contribution is -2.02. The first-order valence-electron chi connectivity index (χ1n) is 6.66. The Kier molecular flexibility index (Phi) is 3.36. The predicted molar refractivity (Wildman–Crippen MR) is 83.8 cm³/mol. The van der Waals surface area contributed by atoms with Crippen LogP contribution in [0.15, 0.2) is 23.6 Å². The predicted octanol–water partition coefficient (Wildman–Crippen LogP) is 3.60. The van der Waals surface area contributed by atoms with E-state index in [0.29, 0.717) is 5.95 Å². The third-order valence-corrected chi connectivity index (χ3v) is 4.17. The van der Waals surface area contributed by atoms with E-state index in [1.54, 1.807) is 11.3 Å². The van der Waals surface area contributed by atoms with E-state index in [0.717, 1.165) is 35.3 Å². The van der Waals surface area contributed by atoms with Crippen LogP contribution in [0.5, 0.6) is 0 Å². The summed E-state index contributed by atoms with van der Waals surface area (Å²) in [5.74, 6) is 0.322. The Labute approximate surface area is 121 Å². The van der Waals surface area contributed by atoms with Gasteiger partial charge in [0.25, 0.3) is 0 Å². The maximum absolute atomic E-state index is 5.76. The third kappa shape index (κ3) is 2.36. The van der Waals surface area contributed by atoms with Crippen LogP contribution < -0.4 is 5.73 Å². The number of nitrogen functional groups attached to an aromatic ring is 1. The first kappa shape index (κ1) is 13.0. The van der Waals surface area contributed by atoms with Crippen molar-refractivity contribution in [3.8, 4) is 10.6 Å². The number of fused-ring (bicyclic) bond motifs is 1. The summed E-state index contributed by atoms with van der Waals surface area (Å²) in [6, 6.07) is 6.12. The van der Waals surface area contributed by atoms with Crippen LogP contribution in [0.2, 0.25) is 0 Å². The average molecular weight is 284 g/mol. The van der Waals surface area contributed by atoms with Crippen LogP contribution in [-0.4, -0.2) is 15.0 Å². The van der Waals surface area contributed by atoms with Crippen molar-refractivity contribution < 1.29 is 0 Å². The number of pyridine rings is 1. The van der Waals surface area contributed by atoms with E-state index in [2.05, 4.69) is 35.3 Å². The lowest BCUT2D eigenvalue weighted by atomic mass is 10.2. The molecule has 0 saturated heterocycles. The average Bonchev–Trinajstić information content (AvgIpc) is 2.85. The molecule has 0 bridgehead atoms. The first-order chi connectivity index (χ1) is 9.67. The highest BCUT2D eigenvalue weighted by molar-refractivity contribution is 7.13. The smallest absolute Gasteiger partial charge is 0.220 e. The summed E-state index contributed by atoms with van der Waals surface area (Å²) in [5.41, 5.74) is 10.6. The van der Waals surface area contributed by atoms with Gasteiger partial charge in [0, 0.05) is 0 Å². The number of hydrogen-bond donors (Lipinski definition) is 1. The number of nitrogens with two attached hydrogens (primary N) is 1. The van der Waals surface area contributed by atoms with Gasteiger partial charge in [0.05, 0.1) is 21.8 Å². The summed E-state index contributed by atoms with van der Waals surface area (Å²) in [4.78, 5) is 14.5. The molecule has 0 aliphatic carbocycles. The van der Waals surface area contributed by atoms with E-state index in [9.17, 15) is 0 Å². The molecule has 0 atom stereocenters. The van der Waals surface area contributed by atoms with Gasteiger partial charge in [-0.15, -0.1) is 11.3 Å². The van der Waals surface area contributed by atoms with Gasteiger partial charge >= 0.3 is 0 Å².